The Bertz CT molecular complexity index is 323. The Balaban J connectivity index is 1.90. The largest absolute Gasteiger partial charge is 0.370 e. The SMILES string of the molecule is CCCNC1CCN(c2ccc(F)cc2)C1. The highest BCUT2D eigenvalue weighted by atomic mass is 19.1. The van der Waals surface area contributed by atoms with Crippen LogP contribution < -0.4 is 10.2 Å². The van der Waals surface area contributed by atoms with Gasteiger partial charge in [-0.2, -0.15) is 0 Å². The molecule has 1 atom stereocenters. The third-order valence-electron chi connectivity index (χ3n) is 3.06. The maximum absolute atomic E-state index is 12.8. The van der Waals surface area contributed by atoms with Crippen LogP contribution in [0.3, 0.4) is 0 Å². The lowest BCUT2D eigenvalue weighted by Gasteiger charge is -2.18. The van der Waals surface area contributed by atoms with Gasteiger partial charge in [0.1, 0.15) is 5.82 Å². The summed E-state index contributed by atoms with van der Waals surface area (Å²) in [4.78, 5) is 2.31. The summed E-state index contributed by atoms with van der Waals surface area (Å²) in [6, 6.07) is 7.37. The van der Waals surface area contributed by atoms with Crippen molar-refractivity contribution >= 4 is 5.69 Å². The Hall–Kier alpha value is -1.09. The molecular formula is C13H19FN2. The van der Waals surface area contributed by atoms with Gasteiger partial charge in [0.05, 0.1) is 0 Å². The molecule has 1 aromatic carbocycles. The second kappa shape index (κ2) is 5.30. The topological polar surface area (TPSA) is 15.3 Å². The van der Waals surface area contributed by atoms with Gasteiger partial charge in [-0.15, -0.1) is 0 Å². The molecule has 1 aromatic rings. The zero-order valence-electron chi connectivity index (χ0n) is 9.75. The number of hydrogen-bond acceptors (Lipinski definition) is 2. The van der Waals surface area contributed by atoms with Gasteiger partial charge in [-0.1, -0.05) is 6.92 Å². The zero-order valence-corrected chi connectivity index (χ0v) is 9.75. The summed E-state index contributed by atoms with van der Waals surface area (Å²) in [5, 5.41) is 3.53. The van der Waals surface area contributed by atoms with Crippen molar-refractivity contribution in [2.75, 3.05) is 24.5 Å². The first kappa shape index (κ1) is 11.4. The molecule has 0 aliphatic carbocycles. The molecule has 1 heterocycles. The molecule has 1 aliphatic rings. The van der Waals surface area contributed by atoms with Gasteiger partial charge in [0.25, 0.3) is 0 Å². The van der Waals surface area contributed by atoms with E-state index in [1.165, 1.54) is 25.0 Å². The minimum absolute atomic E-state index is 0.163. The van der Waals surface area contributed by atoms with E-state index in [1.807, 2.05) is 12.1 Å². The van der Waals surface area contributed by atoms with E-state index in [0.29, 0.717) is 6.04 Å². The van der Waals surface area contributed by atoms with Gasteiger partial charge in [0.15, 0.2) is 0 Å². The van der Waals surface area contributed by atoms with E-state index in [0.717, 1.165) is 25.3 Å². The van der Waals surface area contributed by atoms with E-state index in [2.05, 4.69) is 17.1 Å². The van der Waals surface area contributed by atoms with Crippen LogP contribution in [0.5, 0.6) is 0 Å². The molecule has 0 spiro atoms. The van der Waals surface area contributed by atoms with Gasteiger partial charge in [0, 0.05) is 24.8 Å². The Kier molecular flexibility index (Phi) is 3.78. The van der Waals surface area contributed by atoms with Crippen molar-refractivity contribution in [3.8, 4) is 0 Å². The maximum Gasteiger partial charge on any atom is 0.123 e. The summed E-state index contributed by atoms with van der Waals surface area (Å²) in [5.74, 6) is -0.163. The number of hydrogen-bond donors (Lipinski definition) is 1. The van der Waals surface area contributed by atoms with E-state index >= 15 is 0 Å². The summed E-state index contributed by atoms with van der Waals surface area (Å²) in [5.41, 5.74) is 1.13. The van der Waals surface area contributed by atoms with E-state index in [1.54, 1.807) is 0 Å². The second-order valence-corrected chi connectivity index (χ2v) is 4.36. The lowest BCUT2D eigenvalue weighted by Crippen LogP contribution is -2.32. The highest BCUT2D eigenvalue weighted by Gasteiger charge is 2.21. The highest BCUT2D eigenvalue weighted by Crippen LogP contribution is 2.20. The normalized spacial score (nSPS) is 20.4. The van der Waals surface area contributed by atoms with Gasteiger partial charge < -0.3 is 10.2 Å². The first-order chi connectivity index (χ1) is 7.79. The molecule has 0 aromatic heterocycles. The number of nitrogens with zero attached hydrogens (tertiary/aromatic N) is 1. The fourth-order valence-corrected chi connectivity index (χ4v) is 2.16. The predicted octanol–water partition coefficient (Wildman–Crippen LogP) is 2.40. The lowest BCUT2D eigenvalue weighted by atomic mass is 10.2. The smallest absolute Gasteiger partial charge is 0.123 e. The number of halogens is 1. The van der Waals surface area contributed by atoms with Crippen LogP contribution in [0.2, 0.25) is 0 Å². The standard InChI is InChI=1S/C13H19FN2/c1-2-8-15-12-7-9-16(10-12)13-5-3-11(14)4-6-13/h3-6,12,15H,2,7-10H2,1H3. The fraction of sp³-hybridized carbons (Fsp3) is 0.538. The van der Waals surface area contributed by atoms with E-state index < -0.39 is 0 Å². The molecule has 2 rings (SSSR count). The average molecular weight is 222 g/mol. The molecular weight excluding hydrogens is 203 g/mol. The monoisotopic (exact) mass is 222 g/mol. The van der Waals surface area contributed by atoms with Gasteiger partial charge in [0.2, 0.25) is 0 Å². The summed E-state index contributed by atoms with van der Waals surface area (Å²) < 4.78 is 12.8. The van der Waals surface area contributed by atoms with Crippen molar-refractivity contribution in [1.29, 1.82) is 0 Å². The molecule has 0 saturated carbocycles. The molecule has 1 unspecified atom stereocenters. The van der Waals surface area contributed by atoms with Crippen molar-refractivity contribution in [3.63, 3.8) is 0 Å². The number of nitrogens with one attached hydrogen (secondary N) is 1. The fourth-order valence-electron chi connectivity index (χ4n) is 2.16. The Morgan fingerprint density at radius 2 is 2.12 bits per heavy atom. The van der Waals surface area contributed by atoms with Crippen LogP contribution in [0.15, 0.2) is 24.3 Å². The first-order valence-electron chi connectivity index (χ1n) is 6.03. The lowest BCUT2D eigenvalue weighted by molar-refractivity contribution is 0.549. The molecule has 1 fully saturated rings. The molecule has 1 N–H and O–H groups in total. The third-order valence-corrected chi connectivity index (χ3v) is 3.06. The number of anilines is 1. The van der Waals surface area contributed by atoms with Crippen molar-refractivity contribution in [3.05, 3.63) is 30.1 Å². The van der Waals surface area contributed by atoms with Crippen LogP contribution in [0, 0.1) is 5.82 Å². The molecule has 1 aliphatic heterocycles. The quantitative estimate of drug-likeness (QED) is 0.841. The van der Waals surface area contributed by atoms with Crippen LogP contribution in [-0.2, 0) is 0 Å². The van der Waals surface area contributed by atoms with Crippen LogP contribution in [0.1, 0.15) is 19.8 Å². The molecule has 1 saturated heterocycles. The number of rotatable bonds is 4. The van der Waals surface area contributed by atoms with Crippen LogP contribution in [0.25, 0.3) is 0 Å². The van der Waals surface area contributed by atoms with E-state index in [4.69, 9.17) is 0 Å². The Labute approximate surface area is 96.5 Å². The maximum atomic E-state index is 12.8. The molecule has 0 amide bonds. The van der Waals surface area contributed by atoms with E-state index in [9.17, 15) is 4.39 Å². The summed E-state index contributed by atoms with van der Waals surface area (Å²) in [6.07, 6.45) is 2.35. The van der Waals surface area contributed by atoms with Crippen molar-refractivity contribution < 1.29 is 4.39 Å². The molecule has 88 valence electrons. The van der Waals surface area contributed by atoms with Crippen molar-refractivity contribution in [2.24, 2.45) is 0 Å². The Morgan fingerprint density at radius 3 is 2.81 bits per heavy atom. The van der Waals surface area contributed by atoms with Gasteiger partial charge in [-0.25, -0.2) is 4.39 Å². The van der Waals surface area contributed by atoms with Crippen LogP contribution in [-0.4, -0.2) is 25.7 Å². The highest BCUT2D eigenvalue weighted by molar-refractivity contribution is 5.47. The number of benzene rings is 1. The minimum Gasteiger partial charge on any atom is -0.370 e. The molecule has 0 bridgehead atoms. The average Bonchev–Trinajstić information content (AvgIpc) is 2.76. The van der Waals surface area contributed by atoms with Gasteiger partial charge in [-0.05, 0) is 43.7 Å². The summed E-state index contributed by atoms with van der Waals surface area (Å²) in [7, 11) is 0. The predicted molar refractivity (Wildman–Crippen MR) is 65.3 cm³/mol. The van der Waals surface area contributed by atoms with Crippen molar-refractivity contribution in [1.82, 2.24) is 5.32 Å². The Morgan fingerprint density at radius 1 is 1.38 bits per heavy atom. The third kappa shape index (κ3) is 2.73. The summed E-state index contributed by atoms with van der Waals surface area (Å²) >= 11 is 0. The molecule has 16 heavy (non-hydrogen) atoms. The van der Waals surface area contributed by atoms with Crippen LogP contribution in [0.4, 0.5) is 10.1 Å². The van der Waals surface area contributed by atoms with Gasteiger partial charge in [-0.3, -0.25) is 0 Å². The molecule has 3 heteroatoms. The second-order valence-electron chi connectivity index (χ2n) is 4.36. The molecule has 2 nitrogen and oxygen atoms in total. The molecule has 0 radical (unpaired) electrons. The summed E-state index contributed by atoms with van der Waals surface area (Å²) in [6.45, 7) is 5.36. The zero-order chi connectivity index (χ0) is 11.4. The minimum atomic E-state index is -0.163. The van der Waals surface area contributed by atoms with Crippen LogP contribution >= 0.6 is 0 Å². The first-order valence-corrected chi connectivity index (χ1v) is 6.03. The van der Waals surface area contributed by atoms with Gasteiger partial charge >= 0.3 is 0 Å². The van der Waals surface area contributed by atoms with Crippen molar-refractivity contribution in [2.45, 2.75) is 25.8 Å². The van der Waals surface area contributed by atoms with E-state index in [-0.39, 0.29) is 5.82 Å².